The van der Waals surface area contributed by atoms with E-state index in [1.54, 1.807) is 0 Å². The van der Waals surface area contributed by atoms with Gasteiger partial charge in [-0.2, -0.15) is 0 Å². The van der Waals surface area contributed by atoms with Crippen molar-refractivity contribution in [2.45, 2.75) is 45.3 Å². The van der Waals surface area contributed by atoms with Crippen LogP contribution < -0.4 is 14.5 Å². The second-order valence-electron chi connectivity index (χ2n) is 7.39. The van der Waals surface area contributed by atoms with Crippen LogP contribution in [-0.4, -0.2) is 88.8 Å². The number of nitrogens with two attached hydrogens (primary N) is 1. The number of phosphoric acid groups is 3. The number of nitrogen functional groups attached to an aromatic ring is 1. The van der Waals surface area contributed by atoms with E-state index in [0.717, 1.165) is 4.57 Å². The fourth-order valence-electron chi connectivity index (χ4n) is 2.94. The van der Waals surface area contributed by atoms with E-state index < -0.39 is 60.3 Å². The summed E-state index contributed by atoms with van der Waals surface area (Å²) in [6.45, 7) is 9.12. The van der Waals surface area contributed by atoms with Gasteiger partial charge < -0.3 is 14.7 Å². The molecular weight excluding hydrogens is 754 g/mol. The van der Waals surface area contributed by atoms with E-state index >= 15 is 0 Å². The fourth-order valence-corrected chi connectivity index (χ4v) is 7.04. The number of ether oxygens (including phenoxy) is 1. The number of aliphatic hydroxyl groups is 2. The molecule has 18 nitrogen and oxygen atoms in total. The van der Waals surface area contributed by atoms with Gasteiger partial charge in [-0.15, -0.1) is 0 Å². The van der Waals surface area contributed by atoms with E-state index in [9.17, 15) is 33.6 Å². The molecule has 0 spiro atoms. The summed E-state index contributed by atoms with van der Waals surface area (Å²) < 4.78 is 51.7. The standard InChI is InChI=1S/C9H15N3O14P3.C6H15N.Hg/c10-5-1-2-12(9(15)11-5)8-7(14)6(13)4(24-8)3-23-28(19,20)26-29(21,22)25-27(16,17)18;1-4-7(5-2)6-3;/h2,4,6-8,13-14H,3H2,(H,19,20)(H,21,22)(H2,10,11,15)(H2,16,17,18);4-6H2,1-3H3;. The molecule has 0 aromatic carbocycles. The Morgan fingerprint density at radius 2 is 1.59 bits per heavy atom. The van der Waals surface area contributed by atoms with Crippen molar-refractivity contribution in [2.75, 3.05) is 32.0 Å². The number of hydrogen-bond acceptors (Lipinski definition) is 13. The Balaban J connectivity index is 0.000000856. The topological polar surface area (TPSA) is 274 Å². The summed E-state index contributed by atoms with van der Waals surface area (Å²) >= 11 is -0.0572. The molecule has 211 valence electrons. The monoisotopic (exact) mass is 785 g/mol. The first-order valence-corrected chi connectivity index (χ1v) is 17.9. The van der Waals surface area contributed by atoms with Crippen LogP contribution in [0.2, 0.25) is 0 Å². The van der Waals surface area contributed by atoms with Crippen LogP contribution in [0, 0.1) is 0 Å². The zero-order valence-electron chi connectivity index (χ0n) is 20.1. The van der Waals surface area contributed by atoms with Crippen molar-refractivity contribution in [3.8, 4) is 0 Å². The molecule has 2 rings (SSSR count). The minimum absolute atomic E-state index is 0.0110. The van der Waals surface area contributed by atoms with Gasteiger partial charge in [-0.3, -0.25) is 0 Å². The Bertz CT molecular complexity index is 1090. The first kappa shape index (κ1) is 34.9. The quantitative estimate of drug-likeness (QED) is 0.0974. The summed E-state index contributed by atoms with van der Waals surface area (Å²) in [6.07, 6.45) is -5.15. The Labute approximate surface area is 227 Å². The molecule has 0 saturated carbocycles. The number of hydrogen-bond donors (Lipinski definition) is 7. The van der Waals surface area contributed by atoms with Gasteiger partial charge in [0.1, 0.15) is 0 Å². The van der Waals surface area contributed by atoms with E-state index in [1.807, 2.05) is 0 Å². The molecule has 1 aromatic rings. The number of anilines is 1. The summed E-state index contributed by atoms with van der Waals surface area (Å²) in [5.41, 5.74) is 4.64. The van der Waals surface area contributed by atoms with E-state index in [1.165, 1.54) is 25.8 Å². The molecule has 0 amide bonds. The van der Waals surface area contributed by atoms with Gasteiger partial charge in [0.25, 0.3) is 0 Å². The van der Waals surface area contributed by atoms with Gasteiger partial charge in [0.15, 0.2) is 0 Å². The molecule has 1 saturated heterocycles. The van der Waals surface area contributed by atoms with Crippen molar-refractivity contribution in [3.63, 3.8) is 0 Å². The molecule has 37 heavy (non-hydrogen) atoms. The van der Waals surface area contributed by atoms with Crippen molar-refractivity contribution in [1.29, 1.82) is 0 Å². The number of aliphatic hydroxyl groups excluding tert-OH is 2. The third-order valence-corrected chi connectivity index (χ3v) is 10.8. The first-order valence-electron chi connectivity index (χ1n) is 10.6. The summed E-state index contributed by atoms with van der Waals surface area (Å²) in [4.78, 5) is 53.3. The van der Waals surface area contributed by atoms with Gasteiger partial charge in [0.05, 0.1) is 0 Å². The van der Waals surface area contributed by atoms with E-state index in [4.69, 9.17) is 25.2 Å². The predicted molar refractivity (Wildman–Crippen MR) is 122 cm³/mol. The van der Waals surface area contributed by atoms with Gasteiger partial charge in [-0.05, 0) is 19.6 Å². The average molecular weight is 784 g/mol. The SMILES string of the molecule is CCN(CC)CC.Nc1nc(=O)n(C2OC(COP(=O)(O)OP(=O)(O)OP(=O)(O)O)C(O)C2O)c[c]1[Hg]. The number of rotatable bonds is 11. The average Bonchev–Trinajstić information content (AvgIpc) is 3.02. The Morgan fingerprint density at radius 1 is 1.05 bits per heavy atom. The molecule has 1 fully saturated rings. The molecular formula is C15H30HgN4O14P3. The Hall–Kier alpha value is -0.135. The summed E-state index contributed by atoms with van der Waals surface area (Å²) in [5.74, 6) is 0.0110. The Morgan fingerprint density at radius 3 is 2.05 bits per heavy atom. The zero-order chi connectivity index (χ0) is 28.8. The zero-order valence-corrected chi connectivity index (χ0v) is 28.3. The third kappa shape index (κ3) is 11.5. The molecule has 0 radical (unpaired) electrons. The van der Waals surface area contributed by atoms with Crippen molar-refractivity contribution in [1.82, 2.24) is 14.5 Å². The van der Waals surface area contributed by atoms with E-state index in [-0.39, 0.29) is 31.9 Å². The normalized spacial score (nSPS) is 25.3. The summed E-state index contributed by atoms with van der Waals surface area (Å²) in [7, 11) is -16.7. The number of aromatic nitrogens is 2. The fraction of sp³-hybridized carbons (Fsp3) is 0.733. The van der Waals surface area contributed by atoms with Crippen molar-refractivity contribution in [2.24, 2.45) is 0 Å². The van der Waals surface area contributed by atoms with Gasteiger partial charge in [0.2, 0.25) is 0 Å². The molecule has 1 aliphatic heterocycles. The van der Waals surface area contributed by atoms with Crippen LogP contribution >= 0.6 is 23.5 Å². The maximum atomic E-state index is 12.0. The minimum atomic E-state index is -5.72. The van der Waals surface area contributed by atoms with Crippen LogP contribution in [0.1, 0.15) is 27.0 Å². The van der Waals surface area contributed by atoms with Gasteiger partial charge >= 0.3 is 169 Å². The van der Waals surface area contributed by atoms with Gasteiger partial charge in [0, 0.05) is 0 Å². The van der Waals surface area contributed by atoms with Crippen LogP contribution in [0.15, 0.2) is 11.0 Å². The van der Waals surface area contributed by atoms with Crippen LogP contribution in [0.5, 0.6) is 0 Å². The molecule has 2 heterocycles. The second-order valence-corrected chi connectivity index (χ2v) is 14.8. The molecule has 0 aliphatic carbocycles. The second kappa shape index (κ2) is 14.5. The molecule has 1 aliphatic rings. The Kier molecular flexibility index (Phi) is 13.7. The molecule has 6 unspecified atom stereocenters. The summed E-state index contributed by atoms with van der Waals surface area (Å²) in [6, 6.07) is 0. The van der Waals surface area contributed by atoms with E-state index in [0.29, 0.717) is 3.07 Å². The molecule has 1 aromatic heterocycles. The third-order valence-electron chi connectivity index (χ3n) is 4.83. The van der Waals surface area contributed by atoms with Crippen molar-refractivity contribution >= 4 is 32.4 Å². The predicted octanol–water partition coefficient (Wildman–Crippen LogP) is -1.69. The van der Waals surface area contributed by atoms with E-state index in [2.05, 4.69) is 43.8 Å². The van der Waals surface area contributed by atoms with Crippen LogP contribution in [0.25, 0.3) is 0 Å². The maximum absolute atomic E-state index is 12.0. The molecule has 22 heteroatoms. The van der Waals surface area contributed by atoms with Crippen LogP contribution in [0.3, 0.4) is 0 Å². The molecule has 0 bridgehead atoms. The molecule has 8 N–H and O–H groups in total. The first-order chi connectivity index (χ1) is 16.9. The summed E-state index contributed by atoms with van der Waals surface area (Å²) in [5, 5.41) is 20.2. The number of phosphoric ester groups is 1. The van der Waals surface area contributed by atoms with Gasteiger partial charge in [-0.25, -0.2) is 4.57 Å². The molecule has 6 atom stereocenters. The number of nitrogens with zero attached hydrogens (tertiary/aromatic N) is 3. The van der Waals surface area contributed by atoms with Gasteiger partial charge in [-0.1, -0.05) is 20.8 Å². The van der Waals surface area contributed by atoms with Crippen LogP contribution in [-0.2, 0) is 57.7 Å². The van der Waals surface area contributed by atoms with Crippen molar-refractivity contribution < 1.29 is 87.5 Å². The van der Waals surface area contributed by atoms with Crippen molar-refractivity contribution in [3.05, 3.63) is 16.7 Å². The van der Waals surface area contributed by atoms with Crippen LogP contribution in [0.4, 0.5) is 5.82 Å².